The van der Waals surface area contributed by atoms with Gasteiger partial charge in [0, 0.05) is 18.7 Å². The first kappa shape index (κ1) is 16.5. The fraction of sp³-hybridized carbons (Fsp3) is 0.556. The molecular weight excluding hydrogens is 276 g/mol. The van der Waals surface area contributed by atoms with E-state index in [1.165, 1.54) is 6.42 Å². The Morgan fingerprint density at radius 2 is 1.68 bits per heavy atom. The molecule has 120 valence electrons. The van der Waals surface area contributed by atoms with Gasteiger partial charge < -0.3 is 10.2 Å². The lowest BCUT2D eigenvalue weighted by atomic mass is 9.94. The Morgan fingerprint density at radius 1 is 1.09 bits per heavy atom. The molecule has 0 bridgehead atoms. The van der Waals surface area contributed by atoms with E-state index in [0.717, 1.165) is 42.5 Å². The first-order valence-corrected chi connectivity index (χ1v) is 8.11. The number of carbonyl (C=O) groups excluding carboxylic acids is 2. The van der Waals surface area contributed by atoms with Gasteiger partial charge >= 0.3 is 0 Å². The number of anilines is 1. The van der Waals surface area contributed by atoms with Crippen molar-refractivity contribution in [3.05, 3.63) is 29.3 Å². The SMILES string of the molecule is CC(=O)N(CC(=O)Nc1cc(C)cc(C)c1)C1CCCCC1. The molecule has 1 fully saturated rings. The maximum atomic E-state index is 12.3. The number of amides is 2. The van der Waals surface area contributed by atoms with Crippen molar-refractivity contribution < 1.29 is 9.59 Å². The predicted molar refractivity (Wildman–Crippen MR) is 88.8 cm³/mol. The molecular formula is C18H26N2O2. The highest BCUT2D eigenvalue weighted by Gasteiger charge is 2.25. The summed E-state index contributed by atoms with van der Waals surface area (Å²) < 4.78 is 0. The smallest absolute Gasteiger partial charge is 0.244 e. The Balaban J connectivity index is 2.00. The van der Waals surface area contributed by atoms with Gasteiger partial charge in [-0.3, -0.25) is 9.59 Å². The van der Waals surface area contributed by atoms with Gasteiger partial charge in [0.15, 0.2) is 0 Å². The molecule has 1 aliphatic rings. The predicted octanol–water partition coefficient (Wildman–Crippen LogP) is 3.42. The lowest BCUT2D eigenvalue weighted by molar-refractivity contribution is -0.135. The van der Waals surface area contributed by atoms with Crippen molar-refractivity contribution in [2.24, 2.45) is 0 Å². The molecule has 0 heterocycles. The minimum atomic E-state index is -0.120. The number of nitrogens with zero attached hydrogens (tertiary/aromatic N) is 1. The number of hydrogen-bond acceptors (Lipinski definition) is 2. The van der Waals surface area contributed by atoms with E-state index in [0.29, 0.717) is 0 Å². The van der Waals surface area contributed by atoms with E-state index in [-0.39, 0.29) is 24.4 Å². The molecule has 1 aromatic carbocycles. The second-order valence-electron chi connectivity index (χ2n) is 6.36. The average molecular weight is 302 g/mol. The largest absolute Gasteiger partial charge is 0.331 e. The zero-order valence-corrected chi connectivity index (χ0v) is 13.8. The molecule has 4 heteroatoms. The van der Waals surface area contributed by atoms with Gasteiger partial charge in [-0.2, -0.15) is 0 Å². The molecule has 0 saturated heterocycles. The lowest BCUT2D eigenvalue weighted by Crippen LogP contribution is -2.44. The zero-order valence-electron chi connectivity index (χ0n) is 13.8. The highest BCUT2D eigenvalue weighted by molar-refractivity contribution is 5.94. The van der Waals surface area contributed by atoms with E-state index >= 15 is 0 Å². The summed E-state index contributed by atoms with van der Waals surface area (Å²) in [6, 6.07) is 6.18. The fourth-order valence-corrected chi connectivity index (χ4v) is 3.29. The Hall–Kier alpha value is -1.84. The number of rotatable bonds is 4. The molecule has 1 aliphatic carbocycles. The highest BCUT2D eigenvalue weighted by atomic mass is 16.2. The summed E-state index contributed by atoms with van der Waals surface area (Å²) in [5.41, 5.74) is 3.03. The lowest BCUT2D eigenvalue weighted by Gasteiger charge is -2.33. The normalized spacial score (nSPS) is 15.4. The minimum Gasteiger partial charge on any atom is -0.331 e. The van der Waals surface area contributed by atoms with Gasteiger partial charge in [-0.05, 0) is 49.9 Å². The van der Waals surface area contributed by atoms with E-state index in [1.807, 2.05) is 26.0 Å². The van der Waals surface area contributed by atoms with Gasteiger partial charge in [-0.15, -0.1) is 0 Å². The molecule has 22 heavy (non-hydrogen) atoms. The molecule has 0 aliphatic heterocycles. The van der Waals surface area contributed by atoms with E-state index in [4.69, 9.17) is 0 Å². The van der Waals surface area contributed by atoms with Crippen LogP contribution in [0.5, 0.6) is 0 Å². The number of nitrogens with one attached hydrogen (secondary N) is 1. The van der Waals surface area contributed by atoms with Crippen molar-refractivity contribution in [1.29, 1.82) is 0 Å². The zero-order chi connectivity index (χ0) is 16.1. The van der Waals surface area contributed by atoms with Crippen LogP contribution in [-0.2, 0) is 9.59 Å². The number of hydrogen-bond donors (Lipinski definition) is 1. The maximum Gasteiger partial charge on any atom is 0.244 e. The summed E-state index contributed by atoms with van der Waals surface area (Å²) >= 11 is 0. The summed E-state index contributed by atoms with van der Waals surface area (Å²) in [5.74, 6) is -0.131. The molecule has 0 radical (unpaired) electrons. The molecule has 2 amide bonds. The van der Waals surface area contributed by atoms with Crippen LogP contribution in [0.25, 0.3) is 0 Å². The number of aryl methyl sites for hydroxylation is 2. The van der Waals surface area contributed by atoms with Gasteiger partial charge in [0.1, 0.15) is 6.54 Å². The fourth-order valence-electron chi connectivity index (χ4n) is 3.29. The van der Waals surface area contributed by atoms with Crippen LogP contribution in [0.1, 0.15) is 50.2 Å². The van der Waals surface area contributed by atoms with Gasteiger partial charge in [-0.1, -0.05) is 25.3 Å². The monoisotopic (exact) mass is 302 g/mol. The minimum absolute atomic E-state index is 0.0116. The molecule has 1 aromatic rings. The van der Waals surface area contributed by atoms with E-state index in [9.17, 15) is 9.59 Å². The van der Waals surface area contributed by atoms with E-state index in [1.54, 1.807) is 11.8 Å². The van der Waals surface area contributed by atoms with Crippen molar-refractivity contribution in [2.75, 3.05) is 11.9 Å². The Morgan fingerprint density at radius 3 is 2.23 bits per heavy atom. The third kappa shape index (κ3) is 4.58. The Labute approximate surface area is 132 Å². The standard InChI is InChI=1S/C18H26N2O2/c1-13-9-14(2)11-16(10-13)19-18(22)12-20(15(3)21)17-7-5-4-6-8-17/h9-11,17H,4-8,12H2,1-3H3,(H,19,22). The summed E-state index contributed by atoms with van der Waals surface area (Å²) in [7, 11) is 0. The molecule has 4 nitrogen and oxygen atoms in total. The van der Waals surface area contributed by atoms with Crippen LogP contribution in [0.15, 0.2) is 18.2 Å². The second-order valence-corrected chi connectivity index (χ2v) is 6.36. The third-order valence-corrected chi connectivity index (χ3v) is 4.24. The van der Waals surface area contributed by atoms with Gasteiger partial charge in [0.2, 0.25) is 11.8 Å². The average Bonchev–Trinajstić information content (AvgIpc) is 2.44. The van der Waals surface area contributed by atoms with Crippen molar-refractivity contribution in [3.63, 3.8) is 0 Å². The van der Waals surface area contributed by atoms with Crippen LogP contribution in [-0.4, -0.2) is 29.3 Å². The van der Waals surface area contributed by atoms with Crippen LogP contribution in [0.4, 0.5) is 5.69 Å². The summed E-state index contributed by atoms with van der Waals surface area (Å²) in [5, 5.41) is 2.92. The molecule has 0 unspecified atom stereocenters. The van der Waals surface area contributed by atoms with Crippen LogP contribution >= 0.6 is 0 Å². The Bertz CT molecular complexity index is 528. The molecule has 0 atom stereocenters. The topological polar surface area (TPSA) is 49.4 Å². The Kier molecular flexibility index (Phi) is 5.58. The number of benzene rings is 1. The molecule has 0 aromatic heterocycles. The summed E-state index contributed by atoms with van der Waals surface area (Å²) in [6.45, 7) is 5.71. The molecule has 2 rings (SSSR count). The molecule has 1 saturated carbocycles. The van der Waals surface area contributed by atoms with Crippen LogP contribution in [0.3, 0.4) is 0 Å². The molecule has 1 N–H and O–H groups in total. The van der Waals surface area contributed by atoms with Crippen molar-refractivity contribution in [2.45, 2.75) is 58.9 Å². The van der Waals surface area contributed by atoms with Crippen LogP contribution < -0.4 is 5.32 Å². The summed E-state index contributed by atoms with van der Waals surface area (Å²) in [4.78, 5) is 25.9. The molecule has 0 spiro atoms. The summed E-state index contributed by atoms with van der Waals surface area (Å²) in [6.07, 6.45) is 5.55. The first-order valence-electron chi connectivity index (χ1n) is 8.11. The third-order valence-electron chi connectivity index (χ3n) is 4.24. The van der Waals surface area contributed by atoms with Crippen LogP contribution in [0, 0.1) is 13.8 Å². The van der Waals surface area contributed by atoms with Crippen molar-refractivity contribution in [1.82, 2.24) is 4.90 Å². The highest BCUT2D eigenvalue weighted by Crippen LogP contribution is 2.23. The maximum absolute atomic E-state index is 12.3. The van der Waals surface area contributed by atoms with Gasteiger partial charge in [0.25, 0.3) is 0 Å². The first-order chi connectivity index (χ1) is 10.5. The van der Waals surface area contributed by atoms with E-state index < -0.39 is 0 Å². The second kappa shape index (κ2) is 7.43. The quantitative estimate of drug-likeness (QED) is 0.926. The van der Waals surface area contributed by atoms with Crippen LogP contribution in [0.2, 0.25) is 0 Å². The van der Waals surface area contributed by atoms with Gasteiger partial charge in [0.05, 0.1) is 0 Å². The number of carbonyl (C=O) groups is 2. The van der Waals surface area contributed by atoms with E-state index in [2.05, 4.69) is 11.4 Å². The van der Waals surface area contributed by atoms with Crippen molar-refractivity contribution in [3.8, 4) is 0 Å². The van der Waals surface area contributed by atoms with Crippen molar-refractivity contribution >= 4 is 17.5 Å². The van der Waals surface area contributed by atoms with Gasteiger partial charge in [-0.25, -0.2) is 0 Å².